The van der Waals surface area contributed by atoms with Crippen molar-refractivity contribution in [2.45, 2.75) is 44.3 Å². The molecule has 2 aromatic rings. The van der Waals surface area contributed by atoms with Crippen molar-refractivity contribution in [3.8, 4) is 5.75 Å². The molecule has 38 heavy (non-hydrogen) atoms. The van der Waals surface area contributed by atoms with E-state index in [0.29, 0.717) is 5.56 Å². The summed E-state index contributed by atoms with van der Waals surface area (Å²) >= 11 is 0. The number of benzene rings is 2. The Morgan fingerprint density at radius 3 is 2.21 bits per heavy atom. The number of urea groups is 1. The largest absolute Gasteiger partial charge is 0.573 e. The number of aliphatic carboxylic acids is 1. The van der Waals surface area contributed by atoms with Crippen LogP contribution in [0, 0.1) is 5.41 Å². The van der Waals surface area contributed by atoms with Gasteiger partial charge in [-0.2, -0.15) is 0 Å². The fourth-order valence-electron chi connectivity index (χ4n) is 3.26. The molecule has 7 N–H and O–H groups in total. The lowest BCUT2D eigenvalue weighted by atomic mass is 10.0. The summed E-state index contributed by atoms with van der Waals surface area (Å²) in [5.74, 6) is -3.20. The molecule has 12 nitrogen and oxygen atoms in total. The van der Waals surface area contributed by atoms with E-state index in [2.05, 4.69) is 30.9 Å². The number of carbonyl (C=O) groups excluding carboxylic acids is 2. The van der Waals surface area contributed by atoms with Crippen molar-refractivity contribution in [3.05, 3.63) is 60.2 Å². The molecule has 0 saturated heterocycles. The van der Waals surface area contributed by atoms with Gasteiger partial charge in [0.2, 0.25) is 5.91 Å². The molecular weight excluding hydrogens is 511 g/mol. The third-order valence-electron chi connectivity index (χ3n) is 4.97. The second-order valence-electron chi connectivity index (χ2n) is 7.83. The van der Waals surface area contributed by atoms with Crippen LogP contribution in [-0.2, 0) is 16.0 Å². The smallest absolute Gasteiger partial charge is 0.480 e. The van der Waals surface area contributed by atoms with Gasteiger partial charge in [0.05, 0.1) is 11.7 Å². The van der Waals surface area contributed by atoms with Gasteiger partial charge in [-0.25, -0.2) is 9.59 Å². The Bertz CT molecular complexity index is 1140. The number of nitrogens with two attached hydrogens (primary N) is 1. The molecule has 15 heteroatoms. The SMILES string of the molecule is CCC(NC(=N)N)C(NC(=O)C(Cc1ccccc1)NC(=O)/N=N/c1ccc(OC(F)(F)F)cc1)C(=O)O. The number of ether oxygens (including phenoxy) is 1. The maximum Gasteiger partial charge on any atom is 0.573 e. The quantitative estimate of drug-likeness (QED) is 0.144. The minimum atomic E-state index is -4.86. The zero-order chi connectivity index (χ0) is 28.3. The Kier molecular flexibility index (Phi) is 10.6. The minimum Gasteiger partial charge on any atom is -0.480 e. The van der Waals surface area contributed by atoms with Crippen LogP contribution in [0.5, 0.6) is 5.75 Å². The number of guanidine groups is 1. The third-order valence-corrected chi connectivity index (χ3v) is 4.97. The maximum atomic E-state index is 13.0. The molecule has 0 aliphatic heterocycles. The molecule has 2 rings (SSSR count). The molecule has 0 aromatic heterocycles. The standard InChI is InChI=1S/C23H26F3N7O5/c1-2-16(29-21(27)28)18(20(35)36)31-19(34)17(12-13-6-4-3-5-7-13)30-22(37)33-32-14-8-10-15(11-9-14)38-23(24,25)26/h3-11,16-18H,2,12H2,1H3,(H,30,37)(H,31,34)(H,35,36)(H4,27,28,29)/b33-32+. The summed E-state index contributed by atoms with van der Waals surface area (Å²) in [6.07, 6.45) is -4.69. The lowest BCUT2D eigenvalue weighted by Gasteiger charge is -2.27. The second-order valence-corrected chi connectivity index (χ2v) is 7.83. The molecule has 0 aliphatic carbocycles. The van der Waals surface area contributed by atoms with Crippen molar-refractivity contribution in [1.29, 1.82) is 5.41 Å². The number of rotatable bonds is 11. The summed E-state index contributed by atoms with van der Waals surface area (Å²) in [5, 5.41) is 31.2. The van der Waals surface area contributed by atoms with E-state index in [-0.39, 0.29) is 18.5 Å². The van der Waals surface area contributed by atoms with Crippen molar-refractivity contribution in [3.63, 3.8) is 0 Å². The van der Waals surface area contributed by atoms with Crippen LogP contribution in [0.2, 0.25) is 0 Å². The fourth-order valence-corrected chi connectivity index (χ4v) is 3.26. The predicted octanol–water partition coefficient (Wildman–Crippen LogP) is 2.82. The Morgan fingerprint density at radius 1 is 1.05 bits per heavy atom. The van der Waals surface area contributed by atoms with Gasteiger partial charge in [0.15, 0.2) is 5.96 Å². The lowest BCUT2D eigenvalue weighted by molar-refractivity contribution is -0.274. The number of carboxylic acids is 1. The number of carbonyl (C=O) groups is 3. The second kappa shape index (κ2) is 13.6. The molecule has 2 aromatic carbocycles. The number of nitrogens with one attached hydrogen (secondary N) is 4. The Hall–Kier alpha value is -4.69. The Morgan fingerprint density at radius 2 is 1.68 bits per heavy atom. The first-order valence-electron chi connectivity index (χ1n) is 11.1. The van der Waals surface area contributed by atoms with Gasteiger partial charge in [-0.05, 0) is 36.2 Å². The van der Waals surface area contributed by atoms with Gasteiger partial charge in [0.1, 0.15) is 17.8 Å². The van der Waals surface area contributed by atoms with Crippen LogP contribution in [0.3, 0.4) is 0 Å². The van der Waals surface area contributed by atoms with Crippen LogP contribution in [-0.4, -0.2) is 53.5 Å². The Balaban J connectivity index is 2.17. The molecule has 0 saturated carbocycles. The molecule has 0 heterocycles. The van der Waals surface area contributed by atoms with Crippen molar-refractivity contribution < 1.29 is 37.4 Å². The maximum absolute atomic E-state index is 13.0. The van der Waals surface area contributed by atoms with Crippen molar-refractivity contribution in [2.75, 3.05) is 0 Å². The molecule has 204 valence electrons. The summed E-state index contributed by atoms with van der Waals surface area (Å²) in [7, 11) is 0. The summed E-state index contributed by atoms with van der Waals surface area (Å²) in [5.41, 5.74) is 5.99. The van der Waals surface area contributed by atoms with E-state index in [1.807, 2.05) is 0 Å². The van der Waals surface area contributed by atoms with Crippen LogP contribution >= 0.6 is 0 Å². The summed E-state index contributed by atoms with van der Waals surface area (Å²) in [6, 6.07) is 8.07. The first-order chi connectivity index (χ1) is 17.9. The number of hydrogen-bond donors (Lipinski definition) is 6. The van der Waals surface area contributed by atoms with E-state index in [1.165, 1.54) is 0 Å². The molecule has 0 fully saturated rings. The number of hydrogen-bond acceptors (Lipinski definition) is 6. The molecule has 3 unspecified atom stereocenters. The number of amides is 3. The highest BCUT2D eigenvalue weighted by Crippen LogP contribution is 2.25. The van der Waals surface area contributed by atoms with E-state index in [4.69, 9.17) is 11.1 Å². The van der Waals surface area contributed by atoms with Crippen LogP contribution in [0.4, 0.5) is 23.7 Å². The van der Waals surface area contributed by atoms with Gasteiger partial charge in [0, 0.05) is 6.42 Å². The van der Waals surface area contributed by atoms with E-state index < -0.39 is 54.1 Å². The monoisotopic (exact) mass is 537 g/mol. The topological polar surface area (TPSA) is 191 Å². The van der Waals surface area contributed by atoms with E-state index in [0.717, 1.165) is 24.3 Å². The summed E-state index contributed by atoms with van der Waals surface area (Å²) < 4.78 is 40.6. The minimum absolute atomic E-state index is 0.0271. The first-order valence-corrected chi connectivity index (χ1v) is 11.1. The van der Waals surface area contributed by atoms with Crippen LogP contribution < -0.4 is 26.4 Å². The number of carboxylic acid groups (broad SMARTS) is 1. The molecule has 0 radical (unpaired) electrons. The lowest BCUT2D eigenvalue weighted by Crippen LogP contribution is -2.59. The van der Waals surface area contributed by atoms with Crippen molar-refractivity contribution in [1.82, 2.24) is 16.0 Å². The fraction of sp³-hybridized carbons (Fsp3) is 0.304. The number of azo groups is 1. The third kappa shape index (κ3) is 10.1. The molecule has 3 amide bonds. The van der Waals surface area contributed by atoms with E-state index in [1.54, 1.807) is 37.3 Å². The molecule has 0 bridgehead atoms. The van der Waals surface area contributed by atoms with Gasteiger partial charge in [-0.3, -0.25) is 10.2 Å². The van der Waals surface area contributed by atoms with Crippen molar-refractivity contribution in [2.24, 2.45) is 16.0 Å². The normalized spacial score (nSPS) is 13.7. The van der Waals surface area contributed by atoms with Crippen LogP contribution in [0.15, 0.2) is 64.8 Å². The molecule has 3 atom stereocenters. The van der Waals surface area contributed by atoms with Crippen LogP contribution in [0.1, 0.15) is 18.9 Å². The highest BCUT2D eigenvalue weighted by Gasteiger charge is 2.32. The van der Waals surface area contributed by atoms with Gasteiger partial charge >= 0.3 is 18.4 Å². The van der Waals surface area contributed by atoms with E-state index >= 15 is 0 Å². The van der Waals surface area contributed by atoms with Crippen molar-refractivity contribution >= 4 is 29.6 Å². The first kappa shape index (κ1) is 29.5. The zero-order valence-electron chi connectivity index (χ0n) is 20.0. The average Bonchev–Trinajstić information content (AvgIpc) is 2.84. The van der Waals surface area contributed by atoms with Gasteiger partial charge < -0.3 is 31.5 Å². The van der Waals surface area contributed by atoms with Gasteiger partial charge in [-0.15, -0.1) is 18.3 Å². The van der Waals surface area contributed by atoms with Gasteiger partial charge in [0.25, 0.3) is 0 Å². The molecule has 0 spiro atoms. The van der Waals surface area contributed by atoms with E-state index in [9.17, 15) is 32.7 Å². The predicted molar refractivity (Wildman–Crippen MR) is 129 cm³/mol. The number of halogens is 3. The van der Waals surface area contributed by atoms with Crippen LogP contribution in [0.25, 0.3) is 0 Å². The average molecular weight is 537 g/mol. The summed E-state index contributed by atoms with van der Waals surface area (Å²) in [4.78, 5) is 37.3. The Labute approximate surface area is 215 Å². The molecular formula is C23H26F3N7O5. The van der Waals surface area contributed by atoms with Gasteiger partial charge in [-0.1, -0.05) is 42.4 Å². The summed E-state index contributed by atoms with van der Waals surface area (Å²) in [6.45, 7) is 1.63. The number of nitrogens with zero attached hydrogens (tertiary/aromatic N) is 2. The highest BCUT2D eigenvalue weighted by atomic mass is 19.4. The highest BCUT2D eigenvalue weighted by molar-refractivity contribution is 5.91. The zero-order valence-corrected chi connectivity index (χ0v) is 20.0. The molecule has 0 aliphatic rings. The number of alkyl halides is 3.